The number of amides is 1. The summed E-state index contributed by atoms with van der Waals surface area (Å²) in [7, 11) is 0. The van der Waals surface area contributed by atoms with Crippen molar-refractivity contribution in [1.82, 2.24) is 9.97 Å². The molecule has 110 valence electrons. The summed E-state index contributed by atoms with van der Waals surface area (Å²) in [6.07, 6.45) is 0. The molecule has 0 bridgehead atoms. The fourth-order valence-corrected chi connectivity index (χ4v) is 2.75. The Morgan fingerprint density at radius 2 is 1.86 bits per heavy atom. The standard InChI is InChI=1S/C14H13Cl2N3OS/c1-8-5-9(2)18-14(17-8)21-7-13(20)19-12-6-10(15)3-4-11(12)16/h3-6H,7H2,1-2H3,(H,19,20). The van der Waals surface area contributed by atoms with E-state index in [2.05, 4.69) is 15.3 Å². The smallest absolute Gasteiger partial charge is 0.234 e. The van der Waals surface area contributed by atoms with Crippen molar-refractivity contribution < 1.29 is 4.79 Å². The van der Waals surface area contributed by atoms with Crippen molar-refractivity contribution in [2.45, 2.75) is 19.0 Å². The summed E-state index contributed by atoms with van der Waals surface area (Å²) in [5.74, 6) is 0.0121. The number of carbonyl (C=O) groups excluding carboxylic acids is 1. The van der Waals surface area contributed by atoms with Crippen molar-refractivity contribution in [3.63, 3.8) is 0 Å². The van der Waals surface area contributed by atoms with Gasteiger partial charge in [0, 0.05) is 16.4 Å². The fraction of sp³-hybridized carbons (Fsp3) is 0.214. The zero-order valence-electron chi connectivity index (χ0n) is 11.5. The average Bonchev–Trinajstić information content (AvgIpc) is 2.40. The van der Waals surface area contributed by atoms with Crippen molar-refractivity contribution in [1.29, 1.82) is 0 Å². The molecule has 0 unspecified atom stereocenters. The van der Waals surface area contributed by atoms with Gasteiger partial charge in [-0.2, -0.15) is 0 Å². The molecule has 0 fully saturated rings. The van der Waals surface area contributed by atoms with Gasteiger partial charge < -0.3 is 5.32 Å². The van der Waals surface area contributed by atoms with Gasteiger partial charge in [0.1, 0.15) is 0 Å². The first-order chi connectivity index (χ1) is 9.94. The van der Waals surface area contributed by atoms with Gasteiger partial charge in [0.15, 0.2) is 5.16 Å². The van der Waals surface area contributed by atoms with E-state index in [0.717, 1.165) is 11.4 Å². The number of nitrogens with one attached hydrogen (secondary N) is 1. The number of benzene rings is 1. The Kier molecular flexibility index (Phi) is 5.45. The lowest BCUT2D eigenvalue weighted by atomic mass is 10.3. The average molecular weight is 342 g/mol. The van der Waals surface area contributed by atoms with Crippen molar-refractivity contribution in [3.05, 3.63) is 45.7 Å². The highest BCUT2D eigenvalue weighted by Gasteiger charge is 2.09. The second-order valence-electron chi connectivity index (χ2n) is 4.39. The van der Waals surface area contributed by atoms with E-state index in [9.17, 15) is 4.79 Å². The molecule has 1 heterocycles. The lowest BCUT2D eigenvalue weighted by Crippen LogP contribution is -2.14. The summed E-state index contributed by atoms with van der Waals surface area (Å²) in [4.78, 5) is 20.5. The van der Waals surface area contributed by atoms with Gasteiger partial charge in [-0.1, -0.05) is 35.0 Å². The Labute approximate surface area is 137 Å². The van der Waals surface area contributed by atoms with Crippen molar-refractivity contribution >= 4 is 46.6 Å². The fourth-order valence-electron chi connectivity index (χ4n) is 1.67. The number of aromatic nitrogens is 2. The van der Waals surface area contributed by atoms with Crippen LogP contribution in [0, 0.1) is 13.8 Å². The third-order valence-corrected chi connectivity index (χ3v) is 3.91. The normalized spacial score (nSPS) is 10.5. The van der Waals surface area contributed by atoms with Gasteiger partial charge in [0.05, 0.1) is 16.5 Å². The molecule has 4 nitrogen and oxygen atoms in total. The van der Waals surface area contributed by atoms with Gasteiger partial charge in [-0.05, 0) is 38.1 Å². The minimum Gasteiger partial charge on any atom is -0.324 e. The number of nitrogens with zero attached hydrogens (tertiary/aromatic N) is 2. The summed E-state index contributed by atoms with van der Waals surface area (Å²) >= 11 is 13.1. The molecule has 0 aliphatic heterocycles. The van der Waals surface area contributed by atoms with Crippen LogP contribution in [0.3, 0.4) is 0 Å². The number of carbonyl (C=O) groups is 1. The Hall–Kier alpha value is -1.30. The molecule has 0 saturated heterocycles. The Bertz CT molecular complexity index is 659. The van der Waals surface area contributed by atoms with E-state index in [1.807, 2.05) is 19.9 Å². The Morgan fingerprint density at radius 3 is 2.52 bits per heavy atom. The monoisotopic (exact) mass is 341 g/mol. The minimum absolute atomic E-state index is 0.188. The van der Waals surface area contributed by atoms with E-state index in [1.54, 1.807) is 18.2 Å². The van der Waals surface area contributed by atoms with E-state index in [1.165, 1.54) is 11.8 Å². The van der Waals surface area contributed by atoms with Crippen LogP contribution in [0.15, 0.2) is 29.4 Å². The molecule has 1 aromatic heterocycles. The van der Waals surface area contributed by atoms with E-state index in [4.69, 9.17) is 23.2 Å². The number of hydrogen-bond donors (Lipinski definition) is 1. The third kappa shape index (κ3) is 4.88. The quantitative estimate of drug-likeness (QED) is 0.670. The van der Waals surface area contributed by atoms with Crippen LogP contribution in [0.25, 0.3) is 0 Å². The van der Waals surface area contributed by atoms with Crippen LogP contribution in [0.2, 0.25) is 10.0 Å². The highest BCUT2D eigenvalue weighted by Crippen LogP contribution is 2.25. The van der Waals surface area contributed by atoms with Gasteiger partial charge in [-0.3, -0.25) is 4.79 Å². The molecule has 1 N–H and O–H groups in total. The lowest BCUT2D eigenvalue weighted by molar-refractivity contribution is -0.113. The largest absolute Gasteiger partial charge is 0.324 e. The van der Waals surface area contributed by atoms with Crippen LogP contribution in [0.1, 0.15) is 11.4 Å². The van der Waals surface area contributed by atoms with Crippen LogP contribution in [-0.2, 0) is 4.79 Å². The maximum Gasteiger partial charge on any atom is 0.234 e. The zero-order valence-corrected chi connectivity index (χ0v) is 13.8. The summed E-state index contributed by atoms with van der Waals surface area (Å²) < 4.78 is 0. The van der Waals surface area contributed by atoms with Gasteiger partial charge in [0.2, 0.25) is 5.91 Å². The first-order valence-corrected chi connectivity index (χ1v) is 7.88. The van der Waals surface area contributed by atoms with Crippen LogP contribution < -0.4 is 5.32 Å². The molecule has 1 aromatic carbocycles. The molecular formula is C14H13Cl2N3OS. The highest BCUT2D eigenvalue weighted by molar-refractivity contribution is 7.99. The zero-order chi connectivity index (χ0) is 15.4. The van der Waals surface area contributed by atoms with Gasteiger partial charge in [0.25, 0.3) is 0 Å². The second-order valence-corrected chi connectivity index (χ2v) is 6.18. The Morgan fingerprint density at radius 1 is 1.19 bits per heavy atom. The Balaban J connectivity index is 1.97. The van der Waals surface area contributed by atoms with Crippen LogP contribution in [0.4, 0.5) is 5.69 Å². The maximum atomic E-state index is 11.9. The molecule has 0 spiro atoms. The summed E-state index contributed by atoms with van der Waals surface area (Å²) in [5, 5.41) is 4.26. The SMILES string of the molecule is Cc1cc(C)nc(SCC(=O)Nc2cc(Cl)ccc2Cl)n1. The van der Waals surface area contributed by atoms with Crippen molar-refractivity contribution in [3.8, 4) is 0 Å². The van der Waals surface area contributed by atoms with Crippen molar-refractivity contribution in [2.24, 2.45) is 0 Å². The van der Waals surface area contributed by atoms with E-state index in [-0.39, 0.29) is 11.7 Å². The van der Waals surface area contributed by atoms with Crippen LogP contribution in [-0.4, -0.2) is 21.6 Å². The van der Waals surface area contributed by atoms with E-state index < -0.39 is 0 Å². The molecule has 0 saturated carbocycles. The van der Waals surface area contributed by atoms with Gasteiger partial charge in [-0.25, -0.2) is 9.97 Å². The number of aryl methyl sites for hydroxylation is 2. The second kappa shape index (κ2) is 7.11. The lowest BCUT2D eigenvalue weighted by Gasteiger charge is -2.07. The first-order valence-electron chi connectivity index (χ1n) is 6.14. The number of halogens is 2. The molecule has 7 heteroatoms. The molecule has 21 heavy (non-hydrogen) atoms. The topological polar surface area (TPSA) is 54.9 Å². The molecule has 0 atom stereocenters. The summed E-state index contributed by atoms with van der Waals surface area (Å²) in [6, 6.07) is 6.80. The van der Waals surface area contributed by atoms with Crippen molar-refractivity contribution in [2.75, 3.05) is 11.1 Å². The minimum atomic E-state index is -0.188. The van der Waals surface area contributed by atoms with E-state index >= 15 is 0 Å². The summed E-state index contributed by atoms with van der Waals surface area (Å²) in [6.45, 7) is 3.79. The molecule has 2 rings (SSSR count). The van der Waals surface area contributed by atoms with Crippen LogP contribution in [0.5, 0.6) is 0 Å². The van der Waals surface area contributed by atoms with Gasteiger partial charge >= 0.3 is 0 Å². The summed E-state index contributed by atoms with van der Waals surface area (Å²) in [5.41, 5.74) is 2.25. The van der Waals surface area contributed by atoms with Crippen LogP contribution >= 0.6 is 35.0 Å². The maximum absolute atomic E-state index is 11.9. The van der Waals surface area contributed by atoms with E-state index in [0.29, 0.717) is 20.9 Å². The molecule has 0 radical (unpaired) electrons. The number of thioether (sulfide) groups is 1. The predicted molar refractivity (Wildman–Crippen MR) is 87.3 cm³/mol. The predicted octanol–water partition coefficient (Wildman–Crippen LogP) is 4.13. The first kappa shape index (κ1) is 16.1. The number of hydrogen-bond acceptors (Lipinski definition) is 4. The number of anilines is 1. The molecule has 1 amide bonds. The molecular weight excluding hydrogens is 329 g/mol. The number of rotatable bonds is 4. The van der Waals surface area contributed by atoms with Gasteiger partial charge in [-0.15, -0.1) is 0 Å². The third-order valence-electron chi connectivity index (χ3n) is 2.50. The molecule has 0 aliphatic carbocycles. The molecule has 2 aromatic rings. The molecule has 0 aliphatic rings. The highest BCUT2D eigenvalue weighted by atomic mass is 35.5.